The van der Waals surface area contributed by atoms with Crippen LogP contribution in [0.3, 0.4) is 0 Å². The number of amides is 1. The van der Waals surface area contributed by atoms with E-state index < -0.39 is 0 Å². The third-order valence-electron chi connectivity index (χ3n) is 6.68. The summed E-state index contributed by atoms with van der Waals surface area (Å²) in [5.74, 6) is -0.0938. The van der Waals surface area contributed by atoms with Crippen molar-refractivity contribution < 1.29 is 9.53 Å². The Morgan fingerprint density at radius 3 is 2.45 bits per heavy atom. The molecule has 2 heterocycles. The second kappa shape index (κ2) is 9.75. The molecule has 0 bridgehead atoms. The van der Waals surface area contributed by atoms with Gasteiger partial charge in [-0.3, -0.25) is 9.48 Å². The number of hydrogen-bond donors (Lipinski definition) is 1. The molecule has 1 amide bonds. The molecule has 33 heavy (non-hydrogen) atoms. The number of aromatic nitrogens is 3. The summed E-state index contributed by atoms with van der Waals surface area (Å²) >= 11 is 0. The Kier molecular flexibility index (Phi) is 6.79. The highest BCUT2D eigenvalue weighted by Crippen LogP contribution is 2.33. The minimum Gasteiger partial charge on any atom is -0.381 e. The van der Waals surface area contributed by atoms with Crippen molar-refractivity contribution in [2.24, 2.45) is 7.05 Å². The van der Waals surface area contributed by atoms with Crippen molar-refractivity contribution in [1.29, 1.82) is 0 Å². The molecule has 7 heteroatoms. The van der Waals surface area contributed by atoms with Gasteiger partial charge in [0.15, 0.2) is 0 Å². The topological polar surface area (TPSA) is 72.3 Å². The highest BCUT2D eigenvalue weighted by atomic mass is 16.5. The van der Waals surface area contributed by atoms with E-state index in [-0.39, 0.29) is 5.91 Å². The molecule has 0 saturated carbocycles. The minimum absolute atomic E-state index is 0.0938. The quantitative estimate of drug-likeness (QED) is 0.619. The monoisotopic (exact) mass is 447 g/mol. The number of carbonyl (C=O) groups excluding carboxylic acids is 1. The van der Waals surface area contributed by atoms with E-state index in [1.165, 1.54) is 5.56 Å². The van der Waals surface area contributed by atoms with E-state index in [1.807, 2.05) is 27.0 Å². The Morgan fingerprint density at radius 1 is 1.12 bits per heavy atom. The van der Waals surface area contributed by atoms with Crippen LogP contribution in [-0.2, 0) is 18.3 Å². The van der Waals surface area contributed by atoms with Gasteiger partial charge in [-0.1, -0.05) is 35.0 Å². The van der Waals surface area contributed by atoms with Gasteiger partial charge in [0, 0.05) is 44.6 Å². The molecule has 0 radical (unpaired) electrons. The Bertz CT molecular complexity index is 1110. The predicted molar refractivity (Wildman–Crippen MR) is 131 cm³/mol. The molecule has 0 aliphatic carbocycles. The fourth-order valence-corrected chi connectivity index (χ4v) is 4.46. The molecule has 1 fully saturated rings. The van der Waals surface area contributed by atoms with Crippen LogP contribution >= 0.6 is 0 Å². The molecular weight excluding hydrogens is 414 g/mol. The van der Waals surface area contributed by atoms with Gasteiger partial charge in [-0.25, -0.2) is 0 Å². The number of hydrogen-bond acceptors (Lipinski definition) is 5. The summed E-state index contributed by atoms with van der Waals surface area (Å²) in [7, 11) is 3.97. The Balaban J connectivity index is 1.70. The first-order valence-corrected chi connectivity index (χ1v) is 11.5. The Morgan fingerprint density at radius 2 is 1.82 bits per heavy atom. The molecule has 0 atom stereocenters. The second-order valence-corrected chi connectivity index (χ2v) is 8.92. The smallest absolute Gasteiger partial charge is 0.251 e. The average molecular weight is 448 g/mol. The third kappa shape index (κ3) is 4.93. The van der Waals surface area contributed by atoms with Crippen LogP contribution in [0.2, 0.25) is 0 Å². The summed E-state index contributed by atoms with van der Waals surface area (Å²) in [4.78, 5) is 15.7. The molecule has 4 rings (SSSR count). The standard InChI is InChI=1S/C26H33N5O2/c1-17-6-8-20(9-7-17)21-14-23(26(32)27-16-25-19(3)28-29-31(25)5)18(2)24(15-21)30(4)22-10-12-33-13-11-22/h6-9,14-15,22H,10-13,16H2,1-5H3,(H,27,32). The van der Waals surface area contributed by atoms with E-state index in [2.05, 4.69) is 64.8 Å². The molecule has 1 N–H and O–H groups in total. The summed E-state index contributed by atoms with van der Waals surface area (Å²) in [6, 6.07) is 13.1. The van der Waals surface area contributed by atoms with Gasteiger partial charge in [0.2, 0.25) is 0 Å². The number of aryl methyl sites for hydroxylation is 3. The van der Waals surface area contributed by atoms with E-state index >= 15 is 0 Å². The van der Waals surface area contributed by atoms with Crippen LogP contribution in [0.5, 0.6) is 0 Å². The van der Waals surface area contributed by atoms with Crippen molar-refractivity contribution in [2.45, 2.75) is 46.2 Å². The van der Waals surface area contributed by atoms with Crippen molar-refractivity contribution in [2.75, 3.05) is 25.2 Å². The molecule has 7 nitrogen and oxygen atoms in total. The Hall–Kier alpha value is -3.19. The van der Waals surface area contributed by atoms with E-state index in [0.29, 0.717) is 18.2 Å². The number of nitrogens with one attached hydrogen (secondary N) is 1. The zero-order chi connectivity index (χ0) is 23.5. The largest absolute Gasteiger partial charge is 0.381 e. The van der Waals surface area contributed by atoms with Crippen LogP contribution in [0, 0.1) is 20.8 Å². The lowest BCUT2D eigenvalue weighted by Crippen LogP contribution is -2.37. The zero-order valence-corrected chi connectivity index (χ0v) is 20.2. The summed E-state index contributed by atoms with van der Waals surface area (Å²) in [6.07, 6.45) is 1.97. The van der Waals surface area contributed by atoms with Crippen molar-refractivity contribution in [3.63, 3.8) is 0 Å². The SMILES string of the molecule is Cc1ccc(-c2cc(C(=O)NCc3c(C)nnn3C)c(C)c(N(C)C3CCOCC3)c2)cc1. The molecule has 1 aliphatic rings. The van der Waals surface area contributed by atoms with Crippen molar-refractivity contribution in [1.82, 2.24) is 20.3 Å². The Labute approximate surface area is 195 Å². The number of anilines is 1. The van der Waals surface area contributed by atoms with E-state index in [1.54, 1.807) is 4.68 Å². The van der Waals surface area contributed by atoms with E-state index in [4.69, 9.17) is 4.74 Å². The van der Waals surface area contributed by atoms with Crippen LogP contribution in [0.4, 0.5) is 5.69 Å². The lowest BCUT2D eigenvalue weighted by molar-refractivity contribution is 0.0854. The normalized spacial score (nSPS) is 14.3. The molecule has 1 aromatic heterocycles. The van der Waals surface area contributed by atoms with Gasteiger partial charge in [0.25, 0.3) is 5.91 Å². The molecule has 174 valence electrons. The minimum atomic E-state index is -0.0938. The van der Waals surface area contributed by atoms with E-state index in [0.717, 1.165) is 59.8 Å². The first-order valence-electron chi connectivity index (χ1n) is 11.5. The van der Waals surface area contributed by atoms with E-state index in [9.17, 15) is 4.79 Å². The molecule has 0 unspecified atom stereocenters. The second-order valence-electron chi connectivity index (χ2n) is 8.92. The first kappa shape index (κ1) is 23.0. The molecular formula is C26H33N5O2. The number of nitrogens with zero attached hydrogens (tertiary/aromatic N) is 4. The van der Waals surface area contributed by atoms with Gasteiger partial charge in [-0.2, -0.15) is 0 Å². The zero-order valence-electron chi connectivity index (χ0n) is 20.2. The van der Waals surface area contributed by atoms with Crippen LogP contribution < -0.4 is 10.2 Å². The molecule has 3 aromatic rings. The number of carbonyl (C=O) groups is 1. The lowest BCUT2D eigenvalue weighted by Gasteiger charge is -2.34. The lowest BCUT2D eigenvalue weighted by atomic mass is 9.95. The summed E-state index contributed by atoms with van der Waals surface area (Å²) < 4.78 is 7.27. The van der Waals surface area contributed by atoms with Crippen LogP contribution in [0.25, 0.3) is 11.1 Å². The average Bonchev–Trinajstić information content (AvgIpc) is 3.15. The number of rotatable bonds is 6. The number of benzene rings is 2. The molecule has 1 saturated heterocycles. The van der Waals surface area contributed by atoms with Gasteiger partial charge in [0.1, 0.15) is 0 Å². The van der Waals surface area contributed by atoms with Gasteiger partial charge in [-0.05, 0) is 62.4 Å². The highest BCUT2D eigenvalue weighted by molar-refractivity contribution is 5.98. The maximum Gasteiger partial charge on any atom is 0.251 e. The maximum atomic E-state index is 13.4. The third-order valence-corrected chi connectivity index (χ3v) is 6.68. The fraction of sp³-hybridized carbons (Fsp3) is 0.423. The molecule has 2 aromatic carbocycles. The van der Waals surface area contributed by atoms with Crippen LogP contribution in [-0.4, -0.2) is 47.2 Å². The first-order chi connectivity index (χ1) is 15.8. The van der Waals surface area contributed by atoms with Gasteiger partial charge >= 0.3 is 0 Å². The summed E-state index contributed by atoms with van der Waals surface area (Å²) in [5.41, 5.74) is 7.83. The van der Waals surface area contributed by atoms with Crippen molar-refractivity contribution in [3.8, 4) is 11.1 Å². The summed E-state index contributed by atoms with van der Waals surface area (Å²) in [5, 5.41) is 11.2. The van der Waals surface area contributed by atoms with Crippen molar-refractivity contribution in [3.05, 3.63) is 64.5 Å². The maximum absolute atomic E-state index is 13.4. The fourth-order valence-electron chi connectivity index (χ4n) is 4.46. The van der Waals surface area contributed by atoms with Gasteiger partial charge in [0.05, 0.1) is 17.9 Å². The highest BCUT2D eigenvalue weighted by Gasteiger charge is 2.23. The van der Waals surface area contributed by atoms with Crippen LogP contribution in [0.15, 0.2) is 36.4 Å². The number of ether oxygens (including phenoxy) is 1. The van der Waals surface area contributed by atoms with Gasteiger partial charge < -0.3 is 15.0 Å². The summed E-state index contributed by atoms with van der Waals surface area (Å²) in [6.45, 7) is 7.95. The van der Waals surface area contributed by atoms with Crippen molar-refractivity contribution >= 4 is 11.6 Å². The molecule has 1 aliphatic heterocycles. The molecule has 0 spiro atoms. The predicted octanol–water partition coefficient (Wildman–Crippen LogP) is 3.95. The van der Waals surface area contributed by atoms with Crippen LogP contribution in [0.1, 0.15) is 45.7 Å². The van der Waals surface area contributed by atoms with Gasteiger partial charge in [-0.15, -0.1) is 5.10 Å².